The largest absolute Gasteiger partial charge is 0.494 e. The molecule has 4 aromatic rings. The zero-order valence-electron chi connectivity index (χ0n) is 17.4. The minimum Gasteiger partial charge on any atom is -0.494 e. The predicted molar refractivity (Wildman–Crippen MR) is 126 cm³/mol. The Balaban J connectivity index is 1.44. The van der Waals surface area contributed by atoms with E-state index in [1.165, 1.54) is 13.2 Å². The van der Waals surface area contributed by atoms with Crippen molar-refractivity contribution in [1.29, 1.82) is 0 Å². The molecule has 1 aliphatic heterocycles. The molecule has 0 aliphatic carbocycles. The molecule has 32 heavy (non-hydrogen) atoms. The Hall–Kier alpha value is -3.51. The number of fused-ring (bicyclic) bond motifs is 1. The predicted octanol–water partition coefficient (Wildman–Crippen LogP) is 5.79. The number of benzene rings is 2. The van der Waals surface area contributed by atoms with Crippen LogP contribution in [0.4, 0.5) is 10.2 Å². The molecule has 0 amide bonds. The molecule has 7 heteroatoms. The zero-order valence-corrected chi connectivity index (χ0v) is 18.2. The number of halogens is 2. The molecule has 2 aromatic carbocycles. The molecule has 0 radical (unpaired) electrons. The van der Waals surface area contributed by atoms with Gasteiger partial charge in [-0.25, -0.2) is 9.37 Å². The van der Waals surface area contributed by atoms with E-state index >= 15 is 0 Å². The van der Waals surface area contributed by atoms with E-state index in [-0.39, 0.29) is 5.75 Å². The van der Waals surface area contributed by atoms with Crippen LogP contribution in [0, 0.1) is 5.82 Å². The highest BCUT2D eigenvalue weighted by atomic mass is 35.5. The fourth-order valence-electron chi connectivity index (χ4n) is 3.94. The molecule has 0 bridgehead atoms. The summed E-state index contributed by atoms with van der Waals surface area (Å²) in [6.45, 7) is 1.50. The van der Waals surface area contributed by atoms with E-state index in [9.17, 15) is 4.39 Å². The molecular weight excluding hydrogens is 427 g/mol. The van der Waals surface area contributed by atoms with Gasteiger partial charge in [0.25, 0.3) is 0 Å². The van der Waals surface area contributed by atoms with Crippen LogP contribution in [-0.4, -0.2) is 35.2 Å². The van der Waals surface area contributed by atoms with Crippen LogP contribution in [-0.2, 0) is 0 Å². The van der Waals surface area contributed by atoms with E-state index in [0.29, 0.717) is 17.3 Å². The number of aromatic nitrogens is 3. The Morgan fingerprint density at radius 1 is 1.00 bits per heavy atom. The van der Waals surface area contributed by atoms with Crippen LogP contribution in [0.1, 0.15) is 12.1 Å². The van der Waals surface area contributed by atoms with Crippen molar-refractivity contribution in [3.8, 4) is 17.0 Å². The van der Waals surface area contributed by atoms with E-state index in [1.54, 1.807) is 24.5 Å². The van der Waals surface area contributed by atoms with Crippen molar-refractivity contribution in [2.45, 2.75) is 6.42 Å². The van der Waals surface area contributed by atoms with Crippen molar-refractivity contribution in [1.82, 2.24) is 15.0 Å². The number of anilines is 1. The number of nitrogens with zero attached hydrogens (tertiary/aromatic N) is 4. The smallest absolute Gasteiger partial charge is 0.165 e. The minimum absolute atomic E-state index is 0.186. The van der Waals surface area contributed by atoms with Gasteiger partial charge in [0, 0.05) is 41.5 Å². The van der Waals surface area contributed by atoms with Gasteiger partial charge in [-0.1, -0.05) is 23.7 Å². The normalized spacial score (nSPS) is 13.8. The molecule has 5 rings (SSSR count). The van der Waals surface area contributed by atoms with Crippen molar-refractivity contribution < 1.29 is 9.13 Å². The van der Waals surface area contributed by atoms with Crippen LogP contribution >= 0.6 is 11.6 Å². The maximum Gasteiger partial charge on any atom is 0.165 e. The molecule has 0 atom stereocenters. The van der Waals surface area contributed by atoms with Crippen molar-refractivity contribution in [2.24, 2.45) is 0 Å². The van der Waals surface area contributed by atoms with Gasteiger partial charge in [0.05, 0.1) is 24.0 Å². The Morgan fingerprint density at radius 2 is 1.81 bits per heavy atom. The number of hydrogen-bond donors (Lipinski definition) is 0. The summed E-state index contributed by atoms with van der Waals surface area (Å²) in [6.07, 6.45) is 6.27. The third kappa shape index (κ3) is 3.89. The number of rotatable bonds is 4. The fourth-order valence-corrected chi connectivity index (χ4v) is 4.11. The van der Waals surface area contributed by atoms with E-state index in [2.05, 4.69) is 27.0 Å². The maximum absolute atomic E-state index is 13.9. The van der Waals surface area contributed by atoms with Gasteiger partial charge in [0.1, 0.15) is 5.82 Å². The first-order valence-electron chi connectivity index (χ1n) is 10.3. The zero-order chi connectivity index (χ0) is 22.1. The minimum atomic E-state index is -0.404. The number of ether oxygens (including phenoxy) is 1. The topological polar surface area (TPSA) is 51.1 Å². The van der Waals surface area contributed by atoms with Gasteiger partial charge >= 0.3 is 0 Å². The Labute approximate surface area is 190 Å². The SMILES string of the molecule is COc1cc(-c2nccnc2C2=CCN(c3ccc4ccc(Cl)cc4n3)CC2)ccc1F. The summed E-state index contributed by atoms with van der Waals surface area (Å²) in [5, 5.41) is 1.74. The number of methoxy groups -OCH3 is 1. The lowest BCUT2D eigenvalue weighted by molar-refractivity contribution is 0.387. The second kappa shape index (κ2) is 8.55. The molecule has 0 spiro atoms. The Kier molecular flexibility index (Phi) is 5.45. The van der Waals surface area contributed by atoms with Gasteiger partial charge in [0.15, 0.2) is 11.6 Å². The summed E-state index contributed by atoms with van der Waals surface area (Å²) in [5.74, 6) is 0.696. The van der Waals surface area contributed by atoms with E-state index in [1.807, 2.05) is 24.3 Å². The first-order chi connectivity index (χ1) is 15.6. The van der Waals surface area contributed by atoms with Crippen LogP contribution < -0.4 is 9.64 Å². The van der Waals surface area contributed by atoms with Crippen molar-refractivity contribution >= 4 is 33.9 Å². The van der Waals surface area contributed by atoms with E-state index in [4.69, 9.17) is 21.3 Å². The van der Waals surface area contributed by atoms with Gasteiger partial charge in [-0.3, -0.25) is 9.97 Å². The highest BCUT2D eigenvalue weighted by Crippen LogP contribution is 2.32. The number of pyridine rings is 1. The van der Waals surface area contributed by atoms with Gasteiger partial charge in [0.2, 0.25) is 0 Å². The first-order valence-corrected chi connectivity index (χ1v) is 10.7. The van der Waals surface area contributed by atoms with Crippen molar-refractivity contribution in [2.75, 3.05) is 25.1 Å². The summed E-state index contributed by atoms with van der Waals surface area (Å²) < 4.78 is 19.0. The van der Waals surface area contributed by atoms with Gasteiger partial charge in [-0.2, -0.15) is 0 Å². The first kappa shape index (κ1) is 20.4. The summed E-state index contributed by atoms with van der Waals surface area (Å²) in [4.78, 5) is 16.1. The lowest BCUT2D eigenvalue weighted by atomic mass is 9.99. The summed E-state index contributed by atoms with van der Waals surface area (Å²) in [5.41, 5.74) is 4.27. The van der Waals surface area contributed by atoms with Crippen molar-refractivity contribution in [3.63, 3.8) is 0 Å². The Bertz CT molecular complexity index is 1340. The molecule has 3 heterocycles. The second-order valence-corrected chi connectivity index (χ2v) is 7.97. The van der Waals surface area contributed by atoms with Crippen LogP contribution in [0.2, 0.25) is 5.02 Å². The molecule has 160 valence electrons. The number of hydrogen-bond acceptors (Lipinski definition) is 5. The molecule has 0 unspecified atom stereocenters. The fraction of sp³-hybridized carbons (Fsp3) is 0.160. The Morgan fingerprint density at radius 3 is 2.59 bits per heavy atom. The molecular formula is C25H20ClFN4O. The average Bonchev–Trinajstić information content (AvgIpc) is 2.84. The van der Waals surface area contributed by atoms with Gasteiger partial charge in [-0.05, 0) is 54.5 Å². The summed E-state index contributed by atoms with van der Waals surface area (Å²) in [6, 6.07) is 14.6. The summed E-state index contributed by atoms with van der Waals surface area (Å²) >= 11 is 6.13. The molecule has 0 saturated carbocycles. The quantitative estimate of drug-likeness (QED) is 0.397. The highest BCUT2D eigenvalue weighted by Gasteiger charge is 2.19. The molecule has 0 N–H and O–H groups in total. The van der Waals surface area contributed by atoms with Gasteiger partial charge in [-0.15, -0.1) is 0 Å². The monoisotopic (exact) mass is 446 g/mol. The van der Waals surface area contributed by atoms with Crippen LogP contribution in [0.25, 0.3) is 27.7 Å². The lowest BCUT2D eigenvalue weighted by Gasteiger charge is -2.28. The summed E-state index contributed by atoms with van der Waals surface area (Å²) in [7, 11) is 1.45. The second-order valence-electron chi connectivity index (χ2n) is 7.53. The molecule has 1 aliphatic rings. The van der Waals surface area contributed by atoms with Crippen LogP contribution in [0.3, 0.4) is 0 Å². The van der Waals surface area contributed by atoms with E-state index in [0.717, 1.165) is 46.5 Å². The average molecular weight is 447 g/mol. The highest BCUT2D eigenvalue weighted by molar-refractivity contribution is 6.31. The van der Waals surface area contributed by atoms with E-state index < -0.39 is 5.82 Å². The third-order valence-electron chi connectivity index (χ3n) is 5.60. The molecule has 2 aromatic heterocycles. The standard InChI is InChI=1S/C25H20ClFN4O/c1-32-22-14-18(3-6-20(22)27)25-24(28-10-11-29-25)17-8-12-31(13-9-17)23-7-4-16-2-5-19(26)15-21(16)30-23/h2-8,10-11,14-15H,9,12-13H2,1H3. The van der Waals surface area contributed by atoms with Crippen molar-refractivity contribution in [3.05, 3.63) is 83.5 Å². The van der Waals surface area contributed by atoms with Crippen LogP contribution in [0.15, 0.2) is 67.0 Å². The lowest BCUT2D eigenvalue weighted by Crippen LogP contribution is -2.29. The maximum atomic E-state index is 13.9. The molecule has 0 fully saturated rings. The third-order valence-corrected chi connectivity index (χ3v) is 5.83. The van der Waals surface area contributed by atoms with Gasteiger partial charge < -0.3 is 9.64 Å². The molecule has 5 nitrogen and oxygen atoms in total. The molecule has 0 saturated heterocycles. The van der Waals surface area contributed by atoms with Crippen LogP contribution in [0.5, 0.6) is 5.75 Å².